The minimum atomic E-state index is -0.581. The normalized spacial score (nSPS) is 11.5. The van der Waals surface area contributed by atoms with E-state index in [2.05, 4.69) is 33.5 Å². The number of aromatic nitrogens is 2. The van der Waals surface area contributed by atoms with E-state index in [1.54, 1.807) is 6.92 Å². The van der Waals surface area contributed by atoms with Gasteiger partial charge in [-0.2, -0.15) is 0 Å². The third-order valence-corrected chi connectivity index (χ3v) is 4.70. The van der Waals surface area contributed by atoms with E-state index in [9.17, 15) is 4.79 Å². The first kappa shape index (κ1) is 22.3. The van der Waals surface area contributed by atoms with Crippen LogP contribution in [0.2, 0.25) is 0 Å². The summed E-state index contributed by atoms with van der Waals surface area (Å²) in [4.78, 5) is 16.7. The summed E-state index contributed by atoms with van der Waals surface area (Å²) in [5.74, 6) is 7.04. The van der Waals surface area contributed by atoms with Crippen molar-refractivity contribution in [1.82, 2.24) is 9.55 Å². The quantitative estimate of drug-likeness (QED) is 0.403. The predicted octanol–water partition coefficient (Wildman–Crippen LogP) is 4.42. The molecule has 3 rings (SSSR count). The maximum Gasteiger partial charge on any atom is 0.335 e. The number of ether oxygens (including phenoxy) is 2. The van der Waals surface area contributed by atoms with Crippen LogP contribution in [-0.4, -0.2) is 34.8 Å². The van der Waals surface area contributed by atoms with Crippen LogP contribution >= 0.6 is 0 Å². The maximum absolute atomic E-state index is 12.0. The van der Waals surface area contributed by atoms with Crippen molar-refractivity contribution in [3.05, 3.63) is 77.6 Å². The van der Waals surface area contributed by atoms with Gasteiger partial charge in [0, 0.05) is 30.4 Å². The molecule has 3 aromatic rings. The molecule has 0 spiro atoms. The lowest BCUT2D eigenvalue weighted by molar-refractivity contribution is -0.156. The van der Waals surface area contributed by atoms with E-state index < -0.39 is 6.10 Å². The molecule has 0 saturated carbocycles. The van der Waals surface area contributed by atoms with E-state index in [0.717, 1.165) is 28.2 Å². The fourth-order valence-corrected chi connectivity index (χ4v) is 3.30. The molecular weight excluding hydrogens is 388 g/mol. The zero-order valence-electron chi connectivity index (χ0n) is 18.3. The summed E-state index contributed by atoms with van der Waals surface area (Å²) in [6, 6.07) is 18.0. The molecule has 0 fully saturated rings. The Balaban J connectivity index is 1.66. The van der Waals surface area contributed by atoms with Crippen molar-refractivity contribution < 1.29 is 14.3 Å². The molecule has 0 aliphatic rings. The van der Waals surface area contributed by atoms with Crippen LogP contribution in [0.5, 0.6) is 0 Å². The number of carbonyl (C=O) groups is 1. The fraction of sp³-hybridized carbons (Fsp3) is 0.308. The molecule has 0 radical (unpaired) electrons. The Morgan fingerprint density at radius 1 is 1.06 bits per heavy atom. The van der Waals surface area contributed by atoms with Gasteiger partial charge in [0.05, 0.1) is 18.8 Å². The molecule has 160 valence electrons. The smallest absolute Gasteiger partial charge is 0.335 e. The summed E-state index contributed by atoms with van der Waals surface area (Å²) >= 11 is 0. The molecule has 1 heterocycles. The van der Waals surface area contributed by atoms with Gasteiger partial charge in [-0.3, -0.25) is 0 Å². The number of benzene rings is 2. The van der Waals surface area contributed by atoms with Crippen LogP contribution in [0.1, 0.15) is 30.7 Å². The number of carbonyl (C=O) groups excluding carboxylic acids is 1. The maximum atomic E-state index is 12.0. The molecule has 0 amide bonds. The highest BCUT2D eigenvalue weighted by Crippen LogP contribution is 2.18. The summed E-state index contributed by atoms with van der Waals surface area (Å²) in [5, 5.41) is 0. The van der Waals surface area contributed by atoms with Gasteiger partial charge in [-0.15, -0.1) is 0 Å². The molecule has 0 bridgehead atoms. The monoisotopic (exact) mass is 416 g/mol. The van der Waals surface area contributed by atoms with Crippen molar-refractivity contribution in [3.63, 3.8) is 0 Å². The van der Waals surface area contributed by atoms with Gasteiger partial charge in [-0.25, -0.2) is 9.78 Å². The van der Waals surface area contributed by atoms with E-state index in [-0.39, 0.29) is 5.97 Å². The molecular formula is C26H28N2O3. The van der Waals surface area contributed by atoms with E-state index in [4.69, 9.17) is 9.47 Å². The van der Waals surface area contributed by atoms with Crippen LogP contribution in [0.15, 0.2) is 60.8 Å². The molecule has 1 atom stereocenters. The van der Waals surface area contributed by atoms with Crippen LogP contribution in [0.4, 0.5) is 0 Å². The van der Waals surface area contributed by atoms with Crippen LogP contribution < -0.4 is 0 Å². The Hall–Kier alpha value is -3.36. The number of nitrogens with zero attached hydrogens (tertiary/aromatic N) is 2. The summed E-state index contributed by atoms with van der Waals surface area (Å²) < 4.78 is 12.7. The number of rotatable bonds is 8. The van der Waals surface area contributed by atoms with Crippen molar-refractivity contribution in [2.45, 2.75) is 39.8 Å². The highest BCUT2D eigenvalue weighted by atomic mass is 16.6. The highest BCUT2D eigenvalue weighted by molar-refractivity contribution is 5.75. The molecule has 0 saturated heterocycles. The second-order valence-corrected chi connectivity index (χ2v) is 7.10. The minimum Gasteiger partial charge on any atom is -0.464 e. The standard InChI is InChI=1S/C26H28N2O3/c1-4-30-24(26(29)31-5-2)18-22-15-13-21(14-16-22)10-9-17-28-19-20(3)27-25(28)23-11-7-6-8-12-23/h6-8,11-16,19,24H,4-5,17-18H2,1-3H3. The first-order valence-electron chi connectivity index (χ1n) is 10.6. The van der Waals surface area contributed by atoms with E-state index in [1.807, 2.05) is 62.5 Å². The van der Waals surface area contributed by atoms with Crippen molar-refractivity contribution >= 4 is 5.97 Å². The molecule has 5 heteroatoms. The Kier molecular flexibility index (Phi) is 8.03. The van der Waals surface area contributed by atoms with Crippen molar-refractivity contribution in [2.24, 2.45) is 0 Å². The van der Waals surface area contributed by atoms with Gasteiger partial charge in [0.25, 0.3) is 0 Å². The molecule has 0 aliphatic heterocycles. The third-order valence-electron chi connectivity index (χ3n) is 4.70. The Morgan fingerprint density at radius 3 is 2.48 bits per heavy atom. The summed E-state index contributed by atoms with van der Waals surface area (Å²) in [6.07, 6.45) is 1.92. The van der Waals surface area contributed by atoms with Crippen molar-refractivity contribution in [3.8, 4) is 23.2 Å². The minimum absolute atomic E-state index is 0.321. The van der Waals surface area contributed by atoms with Gasteiger partial charge >= 0.3 is 5.97 Å². The molecule has 1 aromatic heterocycles. The number of hydrogen-bond acceptors (Lipinski definition) is 4. The summed E-state index contributed by atoms with van der Waals surface area (Å²) in [6.45, 7) is 7.02. The number of hydrogen-bond donors (Lipinski definition) is 0. The fourth-order valence-electron chi connectivity index (χ4n) is 3.30. The Labute approximate surface area is 184 Å². The van der Waals surface area contributed by atoms with Crippen molar-refractivity contribution in [1.29, 1.82) is 0 Å². The molecule has 31 heavy (non-hydrogen) atoms. The second-order valence-electron chi connectivity index (χ2n) is 7.10. The van der Waals surface area contributed by atoms with Gasteiger partial charge < -0.3 is 14.0 Å². The lowest BCUT2D eigenvalue weighted by Gasteiger charge is -2.15. The lowest BCUT2D eigenvalue weighted by Crippen LogP contribution is -2.28. The van der Waals surface area contributed by atoms with Crippen LogP contribution in [0, 0.1) is 18.8 Å². The van der Waals surface area contributed by atoms with Crippen LogP contribution in [0.25, 0.3) is 11.4 Å². The Bertz CT molecular complexity index is 1040. The van der Waals surface area contributed by atoms with E-state index >= 15 is 0 Å². The van der Waals surface area contributed by atoms with Gasteiger partial charge in [0.1, 0.15) is 5.82 Å². The van der Waals surface area contributed by atoms with Gasteiger partial charge in [-0.1, -0.05) is 54.3 Å². The highest BCUT2D eigenvalue weighted by Gasteiger charge is 2.20. The molecule has 2 aromatic carbocycles. The first-order chi connectivity index (χ1) is 15.1. The summed E-state index contributed by atoms with van der Waals surface area (Å²) in [7, 11) is 0. The average molecular weight is 417 g/mol. The molecule has 0 aliphatic carbocycles. The predicted molar refractivity (Wildman–Crippen MR) is 121 cm³/mol. The van der Waals surface area contributed by atoms with Gasteiger partial charge in [0.2, 0.25) is 0 Å². The first-order valence-corrected chi connectivity index (χ1v) is 10.6. The number of esters is 1. The van der Waals surface area contributed by atoms with Crippen molar-refractivity contribution in [2.75, 3.05) is 13.2 Å². The largest absolute Gasteiger partial charge is 0.464 e. The van der Waals surface area contributed by atoms with Crippen LogP contribution in [-0.2, 0) is 27.2 Å². The van der Waals surface area contributed by atoms with E-state index in [1.165, 1.54) is 0 Å². The van der Waals surface area contributed by atoms with Gasteiger partial charge in [-0.05, 0) is 38.5 Å². The summed E-state index contributed by atoms with van der Waals surface area (Å²) in [5.41, 5.74) is 3.97. The van der Waals surface area contributed by atoms with Gasteiger partial charge in [0.15, 0.2) is 6.10 Å². The lowest BCUT2D eigenvalue weighted by atomic mass is 10.1. The zero-order chi connectivity index (χ0) is 22.1. The van der Waals surface area contributed by atoms with Crippen LogP contribution in [0.3, 0.4) is 0 Å². The zero-order valence-corrected chi connectivity index (χ0v) is 18.3. The third kappa shape index (κ3) is 6.31. The van der Waals surface area contributed by atoms with E-state index in [0.29, 0.717) is 26.2 Å². The number of imidazole rings is 1. The molecule has 1 unspecified atom stereocenters. The topological polar surface area (TPSA) is 53.4 Å². The molecule has 0 N–H and O–H groups in total. The SMILES string of the molecule is CCOC(=O)C(Cc1ccc(C#CCn2cc(C)nc2-c2ccccc2)cc1)OCC. The average Bonchev–Trinajstić information content (AvgIpc) is 3.16. The number of aryl methyl sites for hydroxylation is 1. The molecule has 5 nitrogen and oxygen atoms in total. The second kappa shape index (κ2) is 11.1. The Morgan fingerprint density at radius 2 is 1.81 bits per heavy atom.